The molecule has 5 nitrogen and oxygen atoms in total. The summed E-state index contributed by atoms with van der Waals surface area (Å²) in [6, 6.07) is 11.0. The molecule has 0 saturated heterocycles. The quantitative estimate of drug-likeness (QED) is 0.462. The van der Waals surface area contributed by atoms with E-state index >= 15 is 0 Å². The third kappa shape index (κ3) is 4.57. The number of rotatable bonds is 5. The summed E-state index contributed by atoms with van der Waals surface area (Å²) in [4.78, 5) is 12.5. The molecular formula is C18H12Cl4N2O3. The molecule has 0 amide bonds. The summed E-state index contributed by atoms with van der Waals surface area (Å²) in [5.74, 6) is -0.474. The van der Waals surface area contributed by atoms with Crippen molar-refractivity contribution in [3.05, 3.63) is 73.8 Å². The lowest BCUT2D eigenvalue weighted by Crippen LogP contribution is -2.12. The molecule has 27 heavy (non-hydrogen) atoms. The van der Waals surface area contributed by atoms with E-state index in [1.807, 2.05) is 0 Å². The first-order chi connectivity index (χ1) is 12.9. The largest absolute Gasteiger partial charge is 0.404 e. The second kappa shape index (κ2) is 8.50. The maximum Gasteiger partial charge on any atom is 0.346 e. The molecule has 140 valence electrons. The minimum Gasteiger partial charge on any atom is -0.404 e. The van der Waals surface area contributed by atoms with Gasteiger partial charge in [-0.2, -0.15) is 5.10 Å². The molecule has 3 rings (SSSR count). The van der Waals surface area contributed by atoms with Crippen LogP contribution in [0.5, 0.6) is 5.88 Å². The number of carbonyl (C=O) groups is 1. The van der Waals surface area contributed by atoms with Crippen LogP contribution in [0.3, 0.4) is 0 Å². The molecule has 0 saturated carbocycles. The van der Waals surface area contributed by atoms with Gasteiger partial charge in [0.2, 0.25) is 5.88 Å². The van der Waals surface area contributed by atoms with E-state index in [1.54, 1.807) is 30.3 Å². The van der Waals surface area contributed by atoms with E-state index in [-0.39, 0.29) is 23.1 Å². The summed E-state index contributed by atoms with van der Waals surface area (Å²) in [5.41, 5.74) is 1.31. The molecular weight excluding hydrogens is 434 g/mol. The second-order valence-electron chi connectivity index (χ2n) is 5.43. The third-order valence-corrected chi connectivity index (χ3v) is 4.80. The maximum atomic E-state index is 12.5. The zero-order valence-corrected chi connectivity index (χ0v) is 16.9. The maximum absolute atomic E-state index is 12.5. The van der Waals surface area contributed by atoms with Crippen LogP contribution < -0.4 is 4.74 Å². The minimum absolute atomic E-state index is 0.177. The van der Waals surface area contributed by atoms with E-state index in [9.17, 15) is 4.79 Å². The van der Waals surface area contributed by atoms with E-state index < -0.39 is 5.97 Å². The Morgan fingerprint density at radius 3 is 2.44 bits per heavy atom. The lowest BCUT2D eigenvalue weighted by Gasteiger charge is -2.09. The van der Waals surface area contributed by atoms with E-state index in [1.165, 1.54) is 23.9 Å². The Morgan fingerprint density at radius 2 is 1.78 bits per heavy atom. The molecule has 0 spiro atoms. The minimum atomic E-state index is -0.651. The fourth-order valence-electron chi connectivity index (χ4n) is 2.31. The number of benzene rings is 2. The zero-order chi connectivity index (χ0) is 19.6. The van der Waals surface area contributed by atoms with Gasteiger partial charge in [-0.1, -0.05) is 46.4 Å². The zero-order valence-electron chi connectivity index (χ0n) is 13.9. The Kier molecular flexibility index (Phi) is 6.29. The third-order valence-electron chi connectivity index (χ3n) is 3.52. The molecule has 0 unspecified atom stereocenters. The van der Waals surface area contributed by atoms with Crippen LogP contribution in [-0.2, 0) is 11.3 Å². The molecule has 0 atom stereocenters. The number of carbonyl (C=O) groups excluding carboxylic acids is 1. The van der Waals surface area contributed by atoms with Crippen LogP contribution in [0, 0.1) is 0 Å². The van der Waals surface area contributed by atoms with Crippen LogP contribution in [0.25, 0.3) is 5.69 Å². The second-order valence-corrected chi connectivity index (χ2v) is 7.09. The highest BCUT2D eigenvalue weighted by atomic mass is 35.5. The van der Waals surface area contributed by atoms with Gasteiger partial charge in [-0.3, -0.25) is 0 Å². The molecule has 0 aliphatic carbocycles. The SMILES string of the molecule is COCc1cc(OC(=O)c2ccc(Cl)cc2Cl)n(-c2ccc(Cl)c(Cl)c2)n1. The van der Waals surface area contributed by atoms with Crippen molar-refractivity contribution in [3.63, 3.8) is 0 Å². The first kappa shape index (κ1) is 20.0. The number of nitrogens with zero attached hydrogens (tertiary/aromatic N) is 2. The van der Waals surface area contributed by atoms with Gasteiger partial charge in [-0.05, 0) is 36.4 Å². The van der Waals surface area contributed by atoms with Crippen molar-refractivity contribution in [3.8, 4) is 11.6 Å². The van der Waals surface area contributed by atoms with Gasteiger partial charge in [0.1, 0.15) is 0 Å². The summed E-state index contributed by atoms with van der Waals surface area (Å²) in [6.45, 7) is 0.237. The Balaban J connectivity index is 1.98. The molecule has 3 aromatic rings. The molecule has 0 aliphatic heterocycles. The van der Waals surface area contributed by atoms with E-state index in [2.05, 4.69) is 5.10 Å². The number of esters is 1. The smallest absolute Gasteiger partial charge is 0.346 e. The molecule has 0 N–H and O–H groups in total. The summed E-state index contributed by atoms with van der Waals surface area (Å²) in [7, 11) is 1.54. The van der Waals surface area contributed by atoms with E-state index in [0.29, 0.717) is 26.4 Å². The molecule has 0 aliphatic rings. The fourth-order valence-corrected chi connectivity index (χ4v) is 3.09. The summed E-state index contributed by atoms with van der Waals surface area (Å²) < 4.78 is 12.0. The van der Waals surface area contributed by atoms with Crippen molar-refractivity contribution >= 4 is 52.4 Å². The van der Waals surface area contributed by atoms with Gasteiger partial charge in [0.15, 0.2) is 0 Å². The molecule has 0 bridgehead atoms. The van der Waals surface area contributed by atoms with Crippen LogP contribution in [0.15, 0.2) is 42.5 Å². The van der Waals surface area contributed by atoms with Crippen LogP contribution in [-0.4, -0.2) is 22.9 Å². The van der Waals surface area contributed by atoms with Crippen molar-refractivity contribution in [1.82, 2.24) is 9.78 Å². The van der Waals surface area contributed by atoms with Gasteiger partial charge in [-0.15, -0.1) is 0 Å². The highest BCUT2D eigenvalue weighted by molar-refractivity contribution is 6.42. The first-order valence-corrected chi connectivity index (χ1v) is 9.10. The van der Waals surface area contributed by atoms with Crippen molar-refractivity contribution in [2.75, 3.05) is 7.11 Å². The molecule has 9 heteroatoms. The molecule has 0 radical (unpaired) electrons. The summed E-state index contributed by atoms with van der Waals surface area (Å²) in [6.07, 6.45) is 0. The van der Waals surface area contributed by atoms with E-state index in [4.69, 9.17) is 55.9 Å². The van der Waals surface area contributed by atoms with Crippen LogP contribution >= 0.6 is 46.4 Å². The van der Waals surface area contributed by atoms with E-state index in [0.717, 1.165) is 0 Å². The standard InChI is InChI=1S/C18H12Cl4N2O3/c1-26-9-11-7-17(24(23-11)12-3-5-14(20)16(22)8-12)27-18(25)13-4-2-10(19)6-15(13)21/h2-8H,9H2,1H3. The van der Waals surface area contributed by atoms with Gasteiger partial charge < -0.3 is 9.47 Å². The molecule has 1 aromatic heterocycles. The van der Waals surface area contributed by atoms with Crippen LogP contribution in [0.4, 0.5) is 0 Å². The molecule has 1 heterocycles. The topological polar surface area (TPSA) is 53.4 Å². The summed E-state index contributed by atoms with van der Waals surface area (Å²) in [5, 5.41) is 5.73. The van der Waals surface area contributed by atoms with Gasteiger partial charge in [0.05, 0.1) is 38.6 Å². The lowest BCUT2D eigenvalue weighted by atomic mass is 10.2. The average molecular weight is 446 g/mol. The number of ether oxygens (including phenoxy) is 2. The van der Waals surface area contributed by atoms with Crippen molar-refractivity contribution in [1.29, 1.82) is 0 Å². The van der Waals surface area contributed by atoms with Crippen molar-refractivity contribution in [2.24, 2.45) is 0 Å². The predicted molar refractivity (Wildman–Crippen MR) is 106 cm³/mol. The van der Waals surface area contributed by atoms with Gasteiger partial charge >= 0.3 is 5.97 Å². The number of hydrogen-bond acceptors (Lipinski definition) is 4. The van der Waals surface area contributed by atoms with Gasteiger partial charge in [0, 0.05) is 18.2 Å². The monoisotopic (exact) mass is 444 g/mol. The fraction of sp³-hybridized carbons (Fsp3) is 0.111. The summed E-state index contributed by atoms with van der Waals surface area (Å²) >= 11 is 24.0. The van der Waals surface area contributed by atoms with Gasteiger partial charge in [-0.25, -0.2) is 9.48 Å². The lowest BCUT2D eigenvalue weighted by molar-refractivity contribution is 0.0723. The predicted octanol–water partition coefficient (Wildman–Crippen LogP) is 5.85. The number of halogens is 4. The first-order valence-electron chi connectivity index (χ1n) is 7.59. The highest BCUT2D eigenvalue weighted by Crippen LogP contribution is 2.28. The van der Waals surface area contributed by atoms with Gasteiger partial charge in [0.25, 0.3) is 0 Å². The Labute approximate surface area is 175 Å². The Hall–Kier alpha value is -1.76. The van der Waals surface area contributed by atoms with Crippen LogP contribution in [0.2, 0.25) is 20.1 Å². The molecule has 0 fully saturated rings. The van der Waals surface area contributed by atoms with Crippen molar-refractivity contribution < 1.29 is 14.3 Å². The Morgan fingerprint density at radius 1 is 1.00 bits per heavy atom. The average Bonchev–Trinajstić information content (AvgIpc) is 3.00. The number of methoxy groups -OCH3 is 1. The number of hydrogen-bond donors (Lipinski definition) is 0. The number of aromatic nitrogens is 2. The normalized spacial score (nSPS) is 10.9. The molecule has 2 aromatic carbocycles. The highest BCUT2D eigenvalue weighted by Gasteiger charge is 2.19. The van der Waals surface area contributed by atoms with Crippen molar-refractivity contribution in [2.45, 2.75) is 6.61 Å². The Bertz CT molecular complexity index is 1000. The van der Waals surface area contributed by atoms with Crippen LogP contribution in [0.1, 0.15) is 16.1 Å².